The van der Waals surface area contributed by atoms with Gasteiger partial charge in [0, 0.05) is 68.3 Å². The molecule has 2 aliphatic rings. The molecule has 2 aromatic carbocycles. The summed E-state index contributed by atoms with van der Waals surface area (Å²) in [6.07, 6.45) is 3.21. The first-order valence-electron chi connectivity index (χ1n) is 14.3. The maximum absolute atomic E-state index is 13.9. The van der Waals surface area contributed by atoms with Crippen molar-refractivity contribution in [1.82, 2.24) is 19.8 Å². The van der Waals surface area contributed by atoms with E-state index in [-0.39, 0.29) is 11.9 Å². The van der Waals surface area contributed by atoms with Gasteiger partial charge in [-0.05, 0) is 49.2 Å². The molecule has 3 aromatic rings. The highest BCUT2D eigenvalue weighted by Gasteiger charge is 2.36. The number of hydrogen-bond donors (Lipinski definition) is 1. The Morgan fingerprint density at radius 3 is 2.51 bits per heavy atom. The van der Waals surface area contributed by atoms with Crippen molar-refractivity contribution in [3.63, 3.8) is 0 Å². The first-order chi connectivity index (χ1) is 20.1. The first kappa shape index (κ1) is 28.5. The molecule has 0 unspecified atom stereocenters. The van der Waals surface area contributed by atoms with Gasteiger partial charge in [0.15, 0.2) is 11.5 Å². The molecule has 1 N–H and O–H groups in total. The average molecular weight is 561 g/mol. The van der Waals surface area contributed by atoms with E-state index < -0.39 is 0 Å². The molecule has 218 valence electrons. The molecule has 5 rings (SSSR count). The molecule has 1 saturated heterocycles. The number of likely N-dealkylation sites (N-methyl/N-ethyl adjacent to an activating group) is 1. The summed E-state index contributed by atoms with van der Waals surface area (Å²) in [5.41, 5.74) is 4.11. The molecule has 0 saturated carbocycles. The lowest BCUT2D eigenvalue weighted by Gasteiger charge is -2.36. The standard InChI is InChI=1S/C31H40N6O4/c1-5-35-16-18-36(19-17-35)26-9-6-8-23-24(26)21-37(30(23)38)25(22-11-12-27(39-2)28(20-22)40-3)10-7-14-32-31-33-15-13-29(34-31)41-4/h6,8-9,11-13,15,20,25H,5,7,10,14,16-19,21H2,1-4H3,(H,32,33,34)/t25-/m1/s1. The lowest BCUT2D eigenvalue weighted by molar-refractivity contribution is 0.0690. The van der Waals surface area contributed by atoms with Crippen LogP contribution in [0.3, 0.4) is 0 Å². The fraction of sp³-hybridized carbons (Fsp3) is 0.452. The van der Waals surface area contributed by atoms with Crippen LogP contribution in [0.25, 0.3) is 0 Å². The molecule has 1 fully saturated rings. The maximum atomic E-state index is 13.9. The lowest BCUT2D eigenvalue weighted by atomic mass is 9.99. The Hall–Kier alpha value is -4.05. The molecular formula is C31H40N6O4. The highest BCUT2D eigenvalue weighted by molar-refractivity contribution is 6.00. The fourth-order valence-electron chi connectivity index (χ4n) is 5.79. The molecule has 0 bridgehead atoms. The number of fused-ring (bicyclic) bond motifs is 1. The Labute approximate surface area is 242 Å². The van der Waals surface area contributed by atoms with E-state index in [1.54, 1.807) is 33.6 Å². The molecule has 0 radical (unpaired) electrons. The molecule has 41 heavy (non-hydrogen) atoms. The van der Waals surface area contributed by atoms with Crippen LogP contribution in [0.5, 0.6) is 17.4 Å². The molecule has 10 heteroatoms. The van der Waals surface area contributed by atoms with Crippen molar-refractivity contribution in [2.24, 2.45) is 0 Å². The fourth-order valence-corrected chi connectivity index (χ4v) is 5.79. The number of nitrogens with zero attached hydrogens (tertiary/aromatic N) is 5. The van der Waals surface area contributed by atoms with Gasteiger partial charge in [-0.15, -0.1) is 0 Å². The van der Waals surface area contributed by atoms with Crippen molar-refractivity contribution in [3.05, 3.63) is 65.4 Å². The highest BCUT2D eigenvalue weighted by Crippen LogP contribution is 2.40. The van der Waals surface area contributed by atoms with E-state index in [1.165, 1.54) is 5.69 Å². The predicted molar refractivity (Wildman–Crippen MR) is 159 cm³/mol. The zero-order chi connectivity index (χ0) is 28.8. The molecule has 1 atom stereocenters. The second-order valence-corrected chi connectivity index (χ2v) is 10.3. The van der Waals surface area contributed by atoms with Crippen LogP contribution >= 0.6 is 0 Å². The lowest BCUT2D eigenvalue weighted by Crippen LogP contribution is -2.46. The van der Waals surface area contributed by atoms with Crippen LogP contribution in [0.1, 0.15) is 47.3 Å². The van der Waals surface area contributed by atoms with E-state index >= 15 is 0 Å². The van der Waals surface area contributed by atoms with Crippen LogP contribution in [0.2, 0.25) is 0 Å². The van der Waals surface area contributed by atoms with Gasteiger partial charge in [-0.2, -0.15) is 4.98 Å². The van der Waals surface area contributed by atoms with Crippen molar-refractivity contribution < 1.29 is 19.0 Å². The quantitative estimate of drug-likeness (QED) is 0.327. The Morgan fingerprint density at radius 2 is 1.78 bits per heavy atom. The second-order valence-electron chi connectivity index (χ2n) is 10.3. The SMILES string of the molecule is CCN1CCN(c2cccc3c2CN([C@H](CCCNc2nccc(OC)n2)c2ccc(OC)c(OC)c2)C3=O)CC1. The van der Waals surface area contributed by atoms with Crippen molar-refractivity contribution in [3.8, 4) is 17.4 Å². The summed E-state index contributed by atoms with van der Waals surface area (Å²) in [4.78, 5) is 29.5. The monoisotopic (exact) mass is 560 g/mol. The number of amides is 1. The van der Waals surface area contributed by atoms with Crippen LogP contribution in [-0.4, -0.2) is 86.3 Å². The topological polar surface area (TPSA) is 92.3 Å². The van der Waals surface area contributed by atoms with Crippen LogP contribution in [0.4, 0.5) is 11.6 Å². The smallest absolute Gasteiger partial charge is 0.255 e. The van der Waals surface area contributed by atoms with Gasteiger partial charge >= 0.3 is 0 Å². The largest absolute Gasteiger partial charge is 0.493 e. The molecule has 2 aliphatic heterocycles. The van der Waals surface area contributed by atoms with E-state index in [0.29, 0.717) is 36.4 Å². The normalized spacial score (nSPS) is 16.0. The van der Waals surface area contributed by atoms with Gasteiger partial charge in [-0.25, -0.2) is 4.98 Å². The molecule has 1 amide bonds. The number of anilines is 2. The second kappa shape index (κ2) is 13.1. The van der Waals surface area contributed by atoms with Crippen molar-refractivity contribution in [2.45, 2.75) is 32.4 Å². The minimum atomic E-state index is -0.146. The number of carbonyl (C=O) groups is 1. The number of aromatic nitrogens is 2. The van der Waals surface area contributed by atoms with Gasteiger partial charge < -0.3 is 34.2 Å². The van der Waals surface area contributed by atoms with E-state index in [1.807, 2.05) is 35.2 Å². The number of ether oxygens (including phenoxy) is 3. The van der Waals surface area contributed by atoms with E-state index in [2.05, 4.69) is 38.1 Å². The number of nitrogens with one attached hydrogen (secondary N) is 1. The van der Waals surface area contributed by atoms with E-state index in [0.717, 1.165) is 62.3 Å². The van der Waals surface area contributed by atoms with Crippen LogP contribution in [0.15, 0.2) is 48.7 Å². The minimum absolute atomic E-state index is 0.0675. The molecule has 3 heterocycles. The third-order valence-corrected chi connectivity index (χ3v) is 8.08. The average Bonchev–Trinajstić information content (AvgIpc) is 3.36. The number of hydrogen-bond acceptors (Lipinski definition) is 9. The molecule has 1 aromatic heterocycles. The molecule has 10 nitrogen and oxygen atoms in total. The first-order valence-corrected chi connectivity index (χ1v) is 14.3. The third kappa shape index (κ3) is 6.17. The van der Waals surface area contributed by atoms with Crippen molar-refractivity contribution >= 4 is 17.5 Å². The summed E-state index contributed by atoms with van der Waals surface area (Å²) in [6, 6.07) is 13.7. The predicted octanol–water partition coefficient (Wildman–Crippen LogP) is 4.23. The van der Waals surface area contributed by atoms with Crippen molar-refractivity contribution in [2.75, 3.05) is 70.8 Å². The summed E-state index contributed by atoms with van der Waals surface area (Å²) >= 11 is 0. The Kier molecular flexibility index (Phi) is 9.08. The van der Waals surface area contributed by atoms with Gasteiger partial charge in [0.05, 0.1) is 27.4 Å². The summed E-state index contributed by atoms with van der Waals surface area (Å²) in [7, 11) is 4.85. The van der Waals surface area contributed by atoms with Gasteiger partial charge in [0.1, 0.15) is 0 Å². The number of piperazine rings is 1. The number of benzene rings is 2. The summed E-state index contributed by atoms with van der Waals surface area (Å²) in [5, 5.41) is 3.29. The van der Waals surface area contributed by atoms with E-state index in [9.17, 15) is 4.79 Å². The van der Waals surface area contributed by atoms with Crippen LogP contribution in [0, 0.1) is 0 Å². The Morgan fingerprint density at radius 1 is 0.976 bits per heavy atom. The zero-order valence-corrected chi connectivity index (χ0v) is 24.4. The number of methoxy groups -OCH3 is 3. The maximum Gasteiger partial charge on any atom is 0.255 e. The van der Waals surface area contributed by atoms with Crippen molar-refractivity contribution in [1.29, 1.82) is 0 Å². The van der Waals surface area contributed by atoms with Gasteiger partial charge in [-0.1, -0.05) is 19.1 Å². The van der Waals surface area contributed by atoms with Gasteiger partial charge in [0.25, 0.3) is 5.91 Å². The van der Waals surface area contributed by atoms with Crippen LogP contribution < -0.4 is 24.4 Å². The van der Waals surface area contributed by atoms with Gasteiger partial charge in [-0.3, -0.25) is 4.79 Å². The Bertz CT molecular complexity index is 1340. The third-order valence-electron chi connectivity index (χ3n) is 8.08. The van der Waals surface area contributed by atoms with Gasteiger partial charge in [0.2, 0.25) is 11.8 Å². The van der Waals surface area contributed by atoms with Crippen LogP contribution in [-0.2, 0) is 6.54 Å². The number of carbonyl (C=O) groups excluding carboxylic acids is 1. The summed E-state index contributed by atoms with van der Waals surface area (Å²) < 4.78 is 16.3. The molecular weight excluding hydrogens is 520 g/mol. The Balaban J connectivity index is 1.37. The summed E-state index contributed by atoms with van der Waals surface area (Å²) in [6.45, 7) is 8.51. The zero-order valence-electron chi connectivity index (χ0n) is 24.4. The minimum Gasteiger partial charge on any atom is -0.493 e. The number of rotatable bonds is 12. The van der Waals surface area contributed by atoms with E-state index in [4.69, 9.17) is 14.2 Å². The summed E-state index contributed by atoms with van der Waals surface area (Å²) in [5.74, 6) is 2.41. The molecule has 0 spiro atoms. The molecule has 0 aliphatic carbocycles. The highest BCUT2D eigenvalue weighted by atomic mass is 16.5.